The standard InChI is InChI=1S/C12H12N2O2S/c1-3-14-10-5-4-9(13-7-17)6-11(10)16-8(2)12(14)15/h4-6,8H,3H2,1-2H3. The molecule has 1 aromatic rings. The molecule has 1 unspecified atom stereocenters. The molecule has 0 bridgehead atoms. The molecular weight excluding hydrogens is 236 g/mol. The Bertz CT molecular complexity index is 509. The van der Waals surface area contributed by atoms with Gasteiger partial charge in [-0.05, 0) is 38.2 Å². The number of nitrogens with zero attached hydrogens (tertiary/aromatic N) is 2. The number of benzene rings is 1. The van der Waals surface area contributed by atoms with Gasteiger partial charge in [0.15, 0.2) is 6.10 Å². The van der Waals surface area contributed by atoms with Gasteiger partial charge in [-0.25, -0.2) is 0 Å². The SMILES string of the molecule is CCN1C(=O)C(C)Oc2cc(N=C=S)ccc21. The van der Waals surface area contributed by atoms with Crippen LogP contribution in [0.4, 0.5) is 11.4 Å². The molecule has 4 nitrogen and oxygen atoms in total. The zero-order valence-electron chi connectivity index (χ0n) is 9.64. The molecule has 1 amide bonds. The van der Waals surface area contributed by atoms with Crippen molar-refractivity contribution in [3.63, 3.8) is 0 Å². The molecule has 5 heteroatoms. The van der Waals surface area contributed by atoms with E-state index in [1.54, 1.807) is 24.0 Å². The highest BCUT2D eigenvalue weighted by Gasteiger charge is 2.30. The average Bonchev–Trinajstić information content (AvgIpc) is 2.31. The van der Waals surface area contributed by atoms with E-state index in [0.717, 1.165) is 5.69 Å². The minimum absolute atomic E-state index is 0.0221. The molecule has 0 aromatic heterocycles. The molecule has 1 aliphatic rings. The topological polar surface area (TPSA) is 41.9 Å². The monoisotopic (exact) mass is 248 g/mol. The summed E-state index contributed by atoms with van der Waals surface area (Å²) in [5, 5.41) is 2.31. The Kier molecular flexibility index (Phi) is 3.22. The van der Waals surface area contributed by atoms with E-state index in [9.17, 15) is 4.79 Å². The van der Waals surface area contributed by atoms with Crippen molar-refractivity contribution in [2.75, 3.05) is 11.4 Å². The minimum atomic E-state index is -0.464. The summed E-state index contributed by atoms with van der Waals surface area (Å²) in [6.07, 6.45) is -0.464. The van der Waals surface area contributed by atoms with Crippen molar-refractivity contribution in [1.29, 1.82) is 0 Å². The maximum atomic E-state index is 11.9. The Labute approximate surface area is 105 Å². The van der Waals surface area contributed by atoms with Crippen molar-refractivity contribution < 1.29 is 9.53 Å². The van der Waals surface area contributed by atoms with E-state index >= 15 is 0 Å². The van der Waals surface area contributed by atoms with Gasteiger partial charge >= 0.3 is 0 Å². The number of aliphatic imine (C=N–C) groups is 1. The molecule has 0 saturated heterocycles. The molecule has 1 aromatic carbocycles. The summed E-state index contributed by atoms with van der Waals surface area (Å²) in [4.78, 5) is 17.5. The number of isothiocyanates is 1. The lowest BCUT2D eigenvalue weighted by Crippen LogP contribution is -2.44. The van der Waals surface area contributed by atoms with Crippen molar-refractivity contribution in [1.82, 2.24) is 0 Å². The summed E-state index contributed by atoms with van der Waals surface area (Å²) in [6.45, 7) is 4.29. The van der Waals surface area contributed by atoms with Crippen LogP contribution < -0.4 is 9.64 Å². The number of amides is 1. The van der Waals surface area contributed by atoms with Crippen LogP contribution in [0, 0.1) is 0 Å². The van der Waals surface area contributed by atoms with Crippen LogP contribution in [0.1, 0.15) is 13.8 Å². The number of hydrogen-bond acceptors (Lipinski definition) is 4. The van der Waals surface area contributed by atoms with Crippen LogP contribution in [-0.4, -0.2) is 23.7 Å². The van der Waals surface area contributed by atoms with Gasteiger partial charge in [0.2, 0.25) is 0 Å². The predicted molar refractivity (Wildman–Crippen MR) is 69.2 cm³/mol. The highest BCUT2D eigenvalue weighted by Crippen LogP contribution is 2.36. The highest BCUT2D eigenvalue weighted by molar-refractivity contribution is 7.78. The van der Waals surface area contributed by atoms with Gasteiger partial charge in [-0.2, -0.15) is 4.99 Å². The minimum Gasteiger partial charge on any atom is -0.479 e. The zero-order chi connectivity index (χ0) is 12.4. The molecule has 0 spiro atoms. The fraction of sp³-hybridized carbons (Fsp3) is 0.333. The van der Waals surface area contributed by atoms with E-state index in [-0.39, 0.29) is 5.91 Å². The Hall–Kier alpha value is -1.71. The summed E-state index contributed by atoms with van der Waals surface area (Å²) in [5.41, 5.74) is 1.45. The summed E-state index contributed by atoms with van der Waals surface area (Å²) in [5.74, 6) is 0.636. The lowest BCUT2D eigenvalue weighted by atomic mass is 10.1. The normalized spacial score (nSPS) is 18.1. The molecule has 0 radical (unpaired) electrons. The zero-order valence-corrected chi connectivity index (χ0v) is 10.5. The summed E-state index contributed by atoms with van der Waals surface area (Å²) in [6, 6.07) is 5.36. The van der Waals surface area contributed by atoms with Crippen LogP contribution in [-0.2, 0) is 4.79 Å². The Morgan fingerprint density at radius 1 is 1.59 bits per heavy atom. The number of ether oxygens (including phenoxy) is 1. The third-order valence-electron chi connectivity index (χ3n) is 2.64. The van der Waals surface area contributed by atoms with Crippen molar-refractivity contribution in [3.8, 4) is 5.75 Å². The smallest absolute Gasteiger partial charge is 0.267 e. The summed E-state index contributed by atoms with van der Waals surface area (Å²) >= 11 is 4.55. The molecule has 17 heavy (non-hydrogen) atoms. The fourth-order valence-corrected chi connectivity index (χ4v) is 1.95. The van der Waals surface area contributed by atoms with Crippen LogP contribution >= 0.6 is 12.2 Å². The van der Waals surface area contributed by atoms with E-state index in [2.05, 4.69) is 22.4 Å². The van der Waals surface area contributed by atoms with Gasteiger partial charge in [-0.15, -0.1) is 0 Å². The van der Waals surface area contributed by atoms with Gasteiger partial charge in [0.05, 0.1) is 16.5 Å². The number of carbonyl (C=O) groups is 1. The second-order valence-corrected chi connectivity index (χ2v) is 3.88. The van der Waals surface area contributed by atoms with Crippen molar-refractivity contribution in [2.45, 2.75) is 20.0 Å². The van der Waals surface area contributed by atoms with Gasteiger partial charge in [-0.3, -0.25) is 4.79 Å². The van der Waals surface area contributed by atoms with E-state index in [1.165, 1.54) is 0 Å². The third-order valence-corrected chi connectivity index (χ3v) is 2.73. The second-order valence-electron chi connectivity index (χ2n) is 3.70. The van der Waals surface area contributed by atoms with Crippen LogP contribution in [0.25, 0.3) is 0 Å². The van der Waals surface area contributed by atoms with Crippen molar-refractivity contribution in [2.24, 2.45) is 4.99 Å². The summed E-state index contributed by atoms with van der Waals surface area (Å²) < 4.78 is 5.55. The lowest BCUT2D eigenvalue weighted by molar-refractivity contribution is -0.125. The molecule has 2 rings (SSSR count). The summed E-state index contributed by atoms with van der Waals surface area (Å²) in [7, 11) is 0. The fourth-order valence-electron chi connectivity index (χ4n) is 1.85. The molecular formula is C12H12N2O2S. The van der Waals surface area contributed by atoms with Crippen LogP contribution in [0.15, 0.2) is 23.2 Å². The molecule has 0 aliphatic carbocycles. The Morgan fingerprint density at radius 3 is 3.00 bits per heavy atom. The molecule has 1 heterocycles. The van der Waals surface area contributed by atoms with Gasteiger partial charge in [0.25, 0.3) is 5.91 Å². The quantitative estimate of drug-likeness (QED) is 0.596. The first kappa shape index (κ1) is 11.8. The maximum Gasteiger partial charge on any atom is 0.267 e. The Balaban J connectivity index is 2.49. The molecule has 1 aliphatic heterocycles. The van der Waals surface area contributed by atoms with E-state index in [0.29, 0.717) is 18.0 Å². The molecule has 88 valence electrons. The highest BCUT2D eigenvalue weighted by atomic mass is 32.1. The van der Waals surface area contributed by atoms with Crippen molar-refractivity contribution in [3.05, 3.63) is 18.2 Å². The van der Waals surface area contributed by atoms with E-state index in [1.807, 2.05) is 13.0 Å². The number of thiocarbonyl (C=S) groups is 1. The number of anilines is 1. The molecule has 0 saturated carbocycles. The molecule has 0 N–H and O–H groups in total. The van der Waals surface area contributed by atoms with E-state index < -0.39 is 6.10 Å². The van der Waals surface area contributed by atoms with Gasteiger partial charge in [-0.1, -0.05) is 0 Å². The number of carbonyl (C=O) groups excluding carboxylic acids is 1. The maximum absolute atomic E-state index is 11.9. The first-order valence-electron chi connectivity index (χ1n) is 5.37. The number of fused-ring (bicyclic) bond motifs is 1. The van der Waals surface area contributed by atoms with Crippen LogP contribution in [0.5, 0.6) is 5.75 Å². The molecule has 0 fully saturated rings. The van der Waals surface area contributed by atoms with Gasteiger partial charge < -0.3 is 9.64 Å². The van der Waals surface area contributed by atoms with Crippen LogP contribution in [0.3, 0.4) is 0 Å². The first-order valence-corrected chi connectivity index (χ1v) is 5.78. The third kappa shape index (κ3) is 2.07. The first-order chi connectivity index (χ1) is 8.17. The van der Waals surface area contributed by atoms with Crippen LogP contribution in [0.2, 0.25) is 0 Å². The molecule has 1 atom stereocenters. The number of hydrogen-bond donors (Lipinski definition) is 0. The van der Waals surface area contributed by atoms with Gasteiger partial charge in [0, 0.05) is 12.6 Å². The van der Waals surface area contributed by atoms with Crippen molar-refractivity contribution >= 4 is 34.7 Å². The van der Waals surface area contributed by atoms with Gasteiger partial charge in [0.1, 0.15) is 5.75 Å². The average molecular weight is 248 g/mol. The lowest BCUT2D eigenvalue weighted by Gasteiger charge is -2.32. The predicted octanol–water partition coefficient (Wildman–Crippen LogP) is 2.55. The largest absolute Gasteiger partial charge is 0.479 e. The second kappa shape index (κ2) is 4.65. The Morgan fingerprint density at radius 2 is 2.35 bits per heavy atom. The number of rotatable bonds is 2. The van der Waals surface area contributed by atoms with E-state index in [4.69, 9.17) is 4.74 Å². The number of likely N-dealkylation sites (N-methyl/N-ethyl adjacent to an activating group) is 1.